The van der Waals surface area contributed by atoms with Crippen molar-refractivity contribution in [3.8, 4) is 0 Å². The molecule has 1 heterocycles. The molecule has 0 radical (unpaired) electrons. The van der Waals surface area contributed by atoms with Crippen LogP contribution in [-0.2, 0) is 13.5 Å². The molecule has 0 saturated carbocycles. The minimum atomic E-state index is -0.255. The van der Waals surface area contributed by atoms with Gasteiger partial charge in [0.15, 0.2) is 0 Å². The lowest BCUT2D eigenvalue weighted by Crippen LogP contribution is -2.07. The number of hydrogen-bond donors (Lipinski definition) is 1. The van der Waals surface area contributed by atoms with Crippen LogP contribution in [0.15, 0.2) is 18.2 Å². The highest BCUT2D eigenvalue weighted by atomic mass is 19.1. The lowest BCUT2D eigenvalue weighted by Gasteiger charge is -1.98. The van der Waals surface area contributed by atoms with Crippen molar-refractivity contribution in [1.82, 2.24) is 9.78 Å². The number of aryl methyl sites for hydroxylation is 1. The molecular formula is C10H12FN3. The largest absolute Gasteiger partial charge is 0.330 e. The van der Waals surface area contributed by atoms with Gasteiger partial charge in [-0.1, -0.05) is 0 Å². The fourth-order valence-electron chi connectivity index (χ4n) is 1.66. The molecule has 0 spiro atoms. The Morgan fingerprint density at radius 1 is 1.50 bits per heavy atom. The number of benzene rings is 1. The van der Waals surface area contributed by atoms with Crippen molar-refractivity contribution < 1.29 is 4.39 Å². The minimum Gasteiger partial charge on any atom is -0.330 e. The number of rotatable bonds is 2. The Kier molecular flexibility index (Phi) is 2.21. The van der Waals surface area contributed by atoms with E-state index in [1.165, 1.54) is 12.1 Å². The van der Waals surface area contributed by atoms with E-state index in [2.05, 4.69) is 5.10 Å². The van der Waals surface area contributed by atoms with E-state index in [1.807, 2.05) is 7.05 Å². The van der Waals surface area contributed by atoms with Gasteiger partial charge in [0.2, 0.25) is 0 Å². The molecule has 0 unspecified atom stereocenters. The molecule has 0 saturated heterocycles. The first-order valence-electron chi connectivity index (χ1n) is 4.53. The number of fused-ring (bicyclic) bond motifs is 1. The van der Waals surface area contributed by atoms with E-state index >= 15 is 0 Å². The van der Waals surface area contributed by atoms with Crippen LogP contribution in [0.4, 0.5) is 4.39 Å². The van der Waals surface area contributed by atoms with E-state index in [1.54, 1.807) is 10.7 Å². The second-order valence-corrected chi connectivity index (χ2v) is 3.27. The van der Waals surface area contributed by atoms with Gasteiger partial charge < -0.3 is 5.73 Å². The molecule has 0 aliphatic heterocycles. The SMILES string of the molecule is Cn1nc2cc(F)ccc2c1CCN. The molecule has 0 atom stereocenters. The van der Waals surface area contributed by atoms with E-state index in [9.17, 15) is 4.39 Å². The normalized spacial score (nSPS) is 11.1. The predicted octanol–water partition coefficient (Wildman–Crippen LogP) is 1.21. The number of halogens is 1. The second kappa shape index (κ2) is 3.38. The highest BCUT2D eigenvalue weighted by Crippen LogP contribution is 2.18. The van der Waals surface area contributed by atoms with Gasteiger partial charge in [-0.05, 0) is 18.7 Å². The highest BCUT2D eigenvalue weighted by Gasteiger charge is 2.08. The van der Waals surface area contributed by atoms with E-state index in [0.717, 1.165) is 17.5 Å². The minimum absolute atomic E-state index is 0.255. The van der Waals surface area contributed by atoms with Crippen LogP contribution in [0.1, 0.15) is 5.69 Å². The molecule has 0 fully saturated rings. The number of hydrogen-bond acceptors (Lipinski definition) is 2. The Morgan fingerprint density at radius 2 is 2.29 bits per heavy atom. The molecule has 0 aliphatic rings. The summed E-state index contributed by atoms with van der Waals surface area (Å²) in [5, 5.41) is 5.20. The maximum atomic E-state index is 12.9. The number of nitrogens with two attached hydrogens (primary N) is 1. The lowest BCUT2D eigenvalue weighted by molar-refractivity contribution is 0.629. The number of aromatic nitrogens is 2. The average Bonchev–Trinajstić information content (AvgIpc) is 2.43. The van der Waals surface area contributed by atoms with Crippen molar-refractivity contribution in [2.45, 2.75) is 6.42 Å². The van der Waals surface area contributed by atoms with Crippen LogP contribution in [0.3, 0.4) is 0 Å². The molecular weight excluding hydrogens is 181 g/mol. The molecule has 14 heavy (non-hydrogen) atoms. The van der Waals surface area contributed by atoms with Gasteiger partial charge in [0, 0.05) is 30.6 Å². The number of nitrogens with zero attached hydrogens (tertiary/aromatic N) is 2. The second-order valence-electron chi connectivity index (χ2n) is 3.27. The molecule has 4 heteroatoms. The Labute approximate surface area is 81.3 Å². The highest BCUT2D eigenvalue weighted by molar-refractivity contribution is 5.81. The molecule has 1 aromatic heterocycles. The van der Waals surface area contributed by atoms with Crippen LogP contribution in [0.25, 0.3) is 10.9 Å². The molecule has 0 bridgehead atoms. The van der Waals surface area contributed by atoms with Gasteiger partial charge in [-0.25, -0.2) is 4.39 Å². The summed E-state index contributed by atoms with van der Waals surface area (Å²) in [6.07, 6.45) is 0.763. The maximum absolute atomic E-state index is 12.9. The zero-order valence-electron chi connectivity index (χ0n) is 8.00. The van der Waals surface area contributed by atoms with Gasteiger partial charge in [-0.15, -0.1) is 0 Å². The topological polar surface area (TPSA) is 43.8 Å². The summed E-state index contributed by atoms with van der Waals surface area (Å²) >= 11 is 0. The third kappa shape index (κ3) is 1.37. The van der Waals surface area contributed by atoms with Gasteiger partial charge in [-0.3, -0.25) is 4.68 Å². The van der Waals surface area contributed by atoms with Crippen LogP contribution < -0.4 is 5.73 Å². The first kappa shape index (κ1) is 9.15. The van der Waals surface area contributed by atoms with Crippen LogP contribution in [0.5, 0.6) is 0 Å². The summed E-state index contributed by atoms with van der Waals surface area (Å²) in [5.74, 6) is -0.255. The third-order valence-corrected chi connectivity index (χ3v) is 2.30. The Bertz CT molecular complexity index is 462. The van der Waals surface area contributed by atoms with Gasteiger partial charge in [0.1, 0.15) is 5.82 Å². The van der Waals surface area contributed by atoms with Crippen LogP contribution in [0.2, 0.25) is 0 Å². The zero-order chi connectivity index (χ0) is 10.1. The zero-order valence-corrected chi connectivity index (χ0v) is 8.00. The predicted molar refractivity (Wildman–Crippen MR) is 53.4 cm³/mol. The van der Waals surface area contributed by atoms with Crippen LogP contribution >= 0.6 is 0 Å². The molecule has 2 N–H and O–H groups in total. The summed E-state index contributed by atoms with van der Waals surface area (Å²) in [5.41, 5.74) is 7.24. The molecule has 0 aliphatic carbocycles. The van der Waals surface area contributed by atoms with Crippen molar-refractivity contribution >= 4 is 10.9 Å². The molecule has 1 aromatic carbocycles. The Morgan fingerprint density at radius 3 is 3.00 bits per heavy atom. The quantitative estimate of drug-likeness (QED) is 0.779. The Hall–Kier alpha value is -1.42. The molecule has 2 rings (SSSR count). The molecule has 0 amide bonds. The maximum Gasteiger partial charge on any atom is 0.125 e. The van der Waals surface area contributed by atoms with E-state index in [0.29, 0.717) is 12.1 Å². The van der Waals surface area contributed by atoms with Crippen LogP contribution in [0, 0.1) is 5.82 Å². The van der Waals surface area contributed by atoms with Crippen molar-refractivity contribution in [3.63, 3.8) is 0 Å². The lowest BCUT2D eigenvalue weighted by atomic mass is 10.1. The smallest absolute Gasteiger partial charge is 0.125 e. The third-order valence-electron chi connectivity index (χ3n) is 2.30. The molecule has 2 aromatic rings. The molecule has 3 nitrogen and oxygen atoms in total. The molecule has 74 valence electrons. The first-order chi connectivity index (χ1) is 6.72. The van der Waals surface area contributed by atoms with Crippen molar-refractivity contribution in [2.75, 3.05) is 6.54 Å². The van der Waals surface area contributed by atoms with Crippen LogP contribution in [-0.4, -0.2) is 16.3 Å². The van der Waals surface area contributed by atoms with Crippen molar-refractivity contribution in [1.29, 1.82) is 0 Å². The van der Waals surface area contributed by atoms with Crippen molar-refractivity contribution in [2.24, 2.45) is 12.8 Å². The monoisotopic (exact) mass is 193 g/mol. The first-order valence-corrected chi connectivity index (χ1v) is 4.53. The summed E-state index contributed by atoms with van der Waals surface area (Å²) in [6, 6.07) is 4.64. The van der Waals surface area contributed by atoms with Gasteiger partial charge in [-0.2, -0.15) is 5.10 Å². The Balaban J connectivity index is 2.64. The summed E-state index contributed by atoms with van der Waals surface area (Å²) < 4.78 is 14.7. The van der Waals surface area contributed by atoms with Crippen molar-refractivity contribution in [3.05, 3.63) is 29.7 Å². The van der Waals surface area contributed by atoms with Gasteiger partial charge >= 0.3 is 0 Å². The fraction of sp³-hybridized carbons (Fsp3) is 0.300. The van der Waals surface area contributed by atoms with E-state index in [-0.39, 0.29) is 5.82 Å². The van der Waals surface area contributed by atoms with Gasteiger partial charge in [0.25, 0.3) is 0 Å². The van der Waals surface area contributed by atoms with Gasteiger partial charge in [0.05, 0.1) is 5.52 Å². The fourth-order valence-corrected chi connectivity index (χ4v) is 1.66. The summed E-state index contributed by atoms with van der Waals surface area (Å²) in [7, 11) is 1.85. The summed E-state index contributed by atoms with van der Waals surface area (Å²) in [4.78, 5) is 0. The standard InChI is InChI=1S/C10H12FN3/c1-14-10(4-5-12)8-3-2-7(11)6-9(8)13-14/h2-3,6H,4-5,12H2,1H3. The van der Waals surface area contributed by atoms with E-state index in [4.69, 9.17) is 5.73 Å². The average molecular weight is 193 g/mol. The summed E-state index contributed by atoms with van der Waals surface area (Å²) in [6.45, 7) is 0.575. The van der Waals surface area contributed by atoms with E-state index < -0.39 is 0 Å².